The van der Waals surface area contributed by atoms with Crippen LogP contribution in [0.15, 0.2) is 4.40 Å². The number of nitrogens with zero attached hydrogens (tertiary/aromatic N) is 2. The molecule has 0 saturated carbocycles. The van der Waals surface area contributed by atoms with Gasteiger partial charge in [-0.1, -0.05) is 27.2 Å². The molecule has 2 N–H and O–H groups in total. The largest absolute Gasteiger partial charge is 0.365 e. The fraction of sp³-hybridized carbons (Fsp3) is 0.909. The Morgan fingerprint density at radius 3 is 2.12 bits per heavy atom. The second-order valence-corrected chi connectivity index (χ2v) is 6.90. The molecule has 0 aromatic rings. The Hall–Kier alpha value is -0.620. The number of rotatable bonds is 5. The van der Waals surface area contributed by atoms with E-state index in [2.05, 4.69) is 25.2 Å². The SMILES string of the molecule is CN(C)C(CCCCC(C)(C)C)=NS(N)(=O)=O. The first-order valence-corrected chi connectivity index (χ1v) is 7.30. The molecule has 0 aliphatic rings. The average Bonchev–Trinajstić information content (AvgIpc) is 2.06. The molecular weight excluding hydrogens is 238 g/mol. The highest BCUT2D eigenvalue weighted by Gasteiger charge is 2.11. The van der Waals surface area contributed by atoms with Gasteiger partial charge in [-0.25, -0.2) is 5.14 Å². The van der Waals surface area contributed by atoms with Gasteiger partial charge in [0.25, 0.3) is 0 Å². The summed E-state index contributed by atoms with van der Waals surface area (Å²) in [5.41, 5.74) is 0.315. The van der Waals surface area contributed by atoms with Crippen molar-refractivity contribution < 1.29 is 8.42 Å². The van der Waals surface area contributed by atoms with E-state index in [1.165, 1.54) is 0 Å². The lowest BCUT2D eigenvalue weighted by atomic mass is 9.89. The molecular formula is C11H25N3O2S. The molecule has 0 bridgehead atoms. The van der Waals surface area contributed by atoms with Crippen LogP contribution in [0.1, 0.15) is 46.5 Å². The lowest BCUT2D eigenvalue weighted by Crippen LogP contribution is -2.25. The smallest absolute Gasteiger partial charge is 0.318 e. The number of unbranched alkanes of at least 4 members (excludes halogenated alkanes) is 1. The first-order chi connectivity index (χ1) is 7.51. The van der Waals surface area contributed by atoms with Gasteiger partial charge in [-0.15, -0.1) is 4.40 Å². The first-order valence-electron chi connectivity index (χ1n) is 5.80. The molecule has 0 rings (SSSR count). The maximum absolute atomic E-state index is 10.9. The Balaban J connectivity index is 4.28. The molecule has 0 heterocycles. The molecule has 0 aromatic carbocycles. The minimum Gasteiger partial charge on any atom is -0.365 e. The van der Waals surface area contributed by atoms with Crippen LogP contribution in [0, 0.1) is 5.41 Å². The fourth-order valence-electron chi connectivity index (χ4n) is 1.44. The number of hydrogen-bond donors (Lipinski definition) is 1. The van der Waals surface area contributed by atoms with Gasteiger partial charge in [0.1, 0.15) is 5.84 Å². The van der Waals surface area contributed by atoms with Crippen LogP contribution in [-0.2, 0) is 10.2 Å². The fourth-order valence-corrected chi connectivity index (χ4v) is 1.98. The highest BCUT2D eigenvalue weighted by atomic mass is 32.2. The summed E-state index contributed by atoms with van der Waals surface area (Å²) in [5.74, 6) is 0.515. The Morgan fingerprint density at radius 1 is 1.24 bits per heavy atom. The van der Waals surface area contributed by atoms with Gasteiger partial charge in [0.15, 0.2) is 0 Å². The van der Waals surface area contributed by atoms with Crippen LogP contribution in [0.25, 0.3) is 0 Å². The molecule has 102 valence electrons. The van der Waals surface area contributed by atoms with Gasteiger partial charge in [-0.05, 0) is 18.3 Å². The maximum atomic E-state index is 10.9. The van der Waals surface area contributed by atoms with Crippen LogP contribution < -0.4 is 5.14 Å². The van der Waals surface area contributed by atoms with Crippen molar-refractivity contribution in [2.45, 2.75) is 46.5 Å². The third-order valence-electron chi connectivity index (χ3n) is 2.33. The lowest BCUT2D eigenvalue weighted by molar-refractivity contribution is 0.361. The van der Waals surface area contributed by atoms with Gasteiger partial charge in [0, 0.05) is 20.5 Å². The molecule has 0 radical (unpaired) electrons. The van der Waals surface area contributed by atoms with Crippen molar-refractivity contribution in [1.29, 1.82) is 0 Å². The van der Waals surface area contributed by atoms with Gasteiger partial charge in [0.05, 0.1) is 0 Å². The molecule has 0 aliphatic heterocycles. The molecule has 0 atom stereocenters. The number of amidine groups is 1. The summed E-state index contributed by atoms with van der Waals surface area (Å²) in [4.78, 5) is 1.70. The van der Waals surface area contributed by atoms with Crippen molar-refractivity contribution in [3.05, 3.63) is 0 Å². The quantitative estimate of drug-likeness (QED) is 0.466. The third kappa shape index (κ3) is 10.3. The predicted octanol–water partition coefficient (Wildman–Crippen LogP) is 1.76. The predicted molar refractivity (Wildman–Crippen MR) is 72.2 cm³/mol. The van der Waals surface area contributed by atoms with E-state index in [0.717, 1.165) is 19.3 Å². The molecule has 0 unspecified atom stereocenters. The molecule has 17 heavy (non-hydrogen) atoms. The van der Waals surface area contributed by atoms with Gasteiger partial charge in [-0.3, -0.25) is 0 Å². The van der Waals surface area contributed by atoms with E-state index < -0.39 is 10.2 Å². The van der Waals surface area contributed by atoms with E-state index in [4.69, 9.17) is 5.14 Å². The van der Waals surface area contributed by atoms with E-state index >= 15 is 0 Å². The molecule has 0 amide bonds. The number of nitrogens with two attached hydrogens (primary N) is 1. The van der Waals surface area contributed by atoms with Crippen molar-refractivity contribution in [2.24, 2.45) is 15.0 Å². The Bertz CT molecular complexity index is 353. The summed E-state index contributed by atoms with van der Waals surface area (Å²) in [6.07, 6.45) is 3.73. The summed E-state index contributed by atoms with van der Waals surface area (Å²) in [6, 6.07) is 0. The Morgan fingerprint density at radius 2 is 1.76 bits per heavy atom. The molecule has 6 heteroatoms. The van der Waals surface area contributed by atoms with Crippen LogP contribution in [0.4, 0.5) is 0 Å². The van der Waals surface area contributed by atoms with E-state index in [9.17, 15) is 8.42 Å². The van der Waals surface area contributed by atoms with E-state index in [1.54, 1.807) is 19.0 Å². The molecule has 0 aliphatic carbocycles. The van der Waals surface area contributed by atoms with Gasteiger partial charge in [-0.2, -0.15) is 8.42 Å². The van der Waals surface area contributed by atoms with Crippen molar-refractivity contribution >= 4 is 16.0 Å². The molecule has 0 saturated heterocycles. The van der Waals surface area contributed by atoms with E-state index in [-0.39, 0.29) is 0 Å². The minimum absolute atomic E-state index is 0.315. The molecule has 0 fully saturated rings. The van der Waals surface area contributed by atoms with Crippen LogP contribution in [0.2, 0.25) is 0 Å². The standard InChI is InChI=1S/C11H25N3O2S/c1-11(2,3)9-7-6-8-10(14(4)5)13-17(12,15)16/h6-9H2,1-5H3,(H2,12,15,16). The summed E-state index contributed by atoms with van der Waals surface area (Å²) >= 11 is 0. The topological polar surface area (TPSA) is 75.8 Å². The maximum Gasteiger partial charge on any atom is 0.318 e. The second-order valence-electron chi connectivity index (χ2n) is 5.68. The molecule has 5 nitrogen and oxygen atoms in total. The van der Waals surface area contributed by atoms with Crippen LogP contribution in [-0.4, -0.2) is 33.2 Å². The summed E-state index contributed by atoms with van der Waals surface area (Å²) in [6.45, 7) is 6.58. The van der Waals surface area contributed by atoms with Crippen LogP contribution in [0.5, 0.6) is 0 Å². The van der Waals surface area contributed by atoms with E-state index in [0.29, 0.717) is 17.7 Å². The minimum atomic E-state index is -3.79. The third-order valence-corrected chi connectivity index (χ3v) is 2.79. The zero-order valence-electron chi connectivity index (χ0n) is 11.5. The van der Waals surface area contributed by atoms with Crippen molar-refractivity contribution in [3.63, 3.8) is 0 Å². The number of hydrogen-bond acceptors (Lipinski definition) is 2. The lowest BCUT2D eigenvalue weighted by Gasteiger charge is -2.19. The molecule has 0 aromatic heterocycles. The van der Waals surface area contributed by atoms with Crippen molar-refractivity contribution in [1.82, 2.24) is 4.90 Å². The monoisotopic (exact) mass is 263 g/mol. The van der Waals surface area contributed by atoms with Crippen LogP contribution >= 0.6 is 0 Å². The second kappa shape index (κ2) is 6.35. The highest BCUT2D eigenvalue weighted by Crippen LogP contribution is 2.22. The van der Waals surface area contributed by atoms with Crippen molar-refractivity contribution in [2.75, 3.05) is 14.1 Å². The Kier molecular flexibility index (Phi) is 6.12. The molecule has 0 spiro atoms. The zero-order chi connectivity index (χ0) is 13.7. The zero-order valence-corrected chi connectivity index (χ0v) is 12.3. The summed E-state index contributed by atoms with van der Waals surface area (Å²) in [7, 11) is -0.244. The normalized spacial score (nSPS) is 13.9. The van der Waals surface area contributed by atoms with Gasteiger partial charge in [0.2, 0.25) is 0 Å². The van der Waals surface area contributed by atoms with Crippen molar-refractivity contribution in [3.8, 4) is 0 Å². The van der Waals surface area contributed by atoms with E-state index in [1.807, 2.05) is 0 Å². The van der Waals surface area contributed by atoms with Crippen LogP contribution in [0.3, 0.4) is 0 Å². The summed E-state index contributed by atoms with van der Waals surface area (Å²) in [5, 5.41) is 4.91. The van der Waals surface area contributed by atoms with Gasteiger partial charge >= 0.3 is 10.2 Å². The van der Waals surface area contributed by atoms with Gasteiger partial charge < -0.3 is 4.90 Å². The summed E-state index contributed by atoms with van der Waals surface area (Å²) < 4.78 is 25.3. The average molecular weight is 263 g/mol. The first kappa shape index (κ1) is 16.4. The highest BCUT2D eigenvalue weighted by molar-refractivity contribution is 7.88. The Labute approximate surface area is 105 Å².